The van der Waals surface area contributed by atoms with E-state index in [4.69, 9.17) is 4.55 Å². The first-order valence-corrected chi connectivity index (χ1v) is 3.74. The van der Waals surface area contributed by atoms with Crippen LogP contribution in [0, 0.1) is 0 Å². The van der Waals surface area contributed by atoms with Gasteiger partial charge in [0.05, 0.1) is 0 Å². The molecule has 0 aromatic heterocycles. The van der Waals surface area contributed by atoms with Crippen molar-refractivity contribution in [1.82, 2.24) is 5.32 Å². The number of hydrogen-bond acceptors (Lipinski definition) is 3. The van der Waals surface area contributed by atoms with Crippen LogP contribution in [0.15, 0.2) is 12.7 Å². The Morgan fingerprint density at radius 1 is 1.70 bits per heavy atom. The van der Waals surface area contributed by atoms with Gasteiger partial charge >= 0.3 is 6.41 Å². The lowest BCUT2D eigenvalue weighted by atomic mass is 10.6. The van der Waals surface area contributed by atoms with Gasteiger partial charge in [0.25, 0.3) is 10.1 Å². The van der Waals surface area contributed by atoms with Gasteiger partial charge in [0.15, 0.2) is 5.37 Å². The third-order valence-corrected chi connectivity index (χ3v) is 1.69. The van der Waals surface area contributed by atoms with Crippen LogP contribution in [-0.2, 0) is 14.9 Å². The molecule has 0 aliphatic heterocycles. The molecule has 0 saturated carbocycles. The summed E-state index contributed by atoms with van der Waals surface area (Å²) in [6.45, 7) is 3.07. The second-order valence-corrected chi connectivity index (χ2v) is 2.96. The van der Waals surface area contributed by atoms with Gasteiger partial charge in [-0.15, -0.1) is 0 Å². The van der Waals surface area contributed by atoms with Gasteiger partial charge in [0, 0.05) is 0 Å². The number of carbonyl (C=O) groups excluding carboxylic acids is 1. The standard InChI is InChI=1S/C4H6NO4S/c1-2-4(5-3-6)10(7,8)9/h2,4H,1H2,(H,5,6)(H,7,8,9). The van der Waals surface area contributed by atoms with E-state index in [1.54, 1.807) is 5.32 Å². The van der Waals surface area contributed by atoms with E-state index in [0.717, 1.165) is 12.5 Å². The Bertz CT molecular complexity index is 219. The van der Waals surface area contributed by atoms with Gasteiger partial charge in [-0.1, -0.05) is 12.7 Å². The fraction of sp³-hybridized carbons (Fsp3) is 0.250. The summed E-state index contributed by atoms with van der Waals surface area (Å²) in [5.74, 6) is 0. The summed E-state index contributed by atoms with van der Waals surface area (Å²) >= 11 is 0. The smallest absolute Gasteiger partial charge is 0.310 e. The summed E-state index contributed by atoms with van der Waals surface area (Å²) < 4.78 is 28.7. The first kappa shape index (κ1) is 9.12. The van der Waals surface area contributed by atoms with Crippen molar-refractivity contribution in [2.75, 3.05) is 0 Å². The Balaban J connectivity index is 4.36. The molecular weight excluding hydrogens is 158 g/mol. The third-order valence-electron chi connectivity index (χ3n) is 0.736. The molecule has 0 aromatic rings. The molecule has 0 rings (SSSR count). The molecule has 0 spiro atoms. The molecule has 0 bridgehead atoms. The van der Waals surface area contributed by atoms with Crippen molar-refractivity contribution in [2.45, 2.75) is 5.37 Å². The molecule has 5 nitrogen and oxygen atoms in total. The summed E-state index contributed by atoms with van der Waals surface area (Å²) in [5, 5.41) is 0.243. The molecule has 57 valence electrons. The van der Waals surface area contributed by atoms with Gasteiger partial charge in [0.1, 0.15) is 0 Å². The maximum Gasteiger partial charge on any atom is 0.310 e. The Morgan fingerprint density at radius 2 is 2.20 bits per heavy atom. The Hall–Kier alpha value is -0.880. The van der Waals surface area contributed by atoms with Crippen LogP contribution in [0.3, 0.4) is 0 Å². The molecule has 0 saturated heterocycles. The van der Waals surface area contributed by atoms with Gasteiger partial charge in [-0.25, -0.2) is 0 Å². The molecule has 0 fully saturated rings. The molecule has 6 heteroatoms. The average molecular weight is 164 g/mol. The lowest BCUT2D eigenvalue weighted by Crippen LogP contribution is -2.33. The van der Waals surface area contributed by atoms with Crippen molar-refractivity contribution < 1.29 is 17.8 Å². The fourth-order valence-electron chi connectivity index (χ4n) is 0.313. The van der Waals surface area contributed by atoms with Crippen LogP contribution in [0.5, 0.6) is 0 Å². The minimum atomic E-state index is -4.27. The lowest BCUT2D eigenvalue weighted by Gasteiger charge is -2.04. The van der Waals surface area contributed by atoms with E-state index in [1.165, 1.54) is 0 Å². The first-order valence-electron chi connectivity index (χ1n) is 2.24. The zero-order valence-corrected chi connectivity index (χ0v) is 5.76. The third kappa shape index (κ3) is 2.60. The lowest BCUT2D eigenvalue weighted by molar-refractivity contribution is 0.468. The van der Waals surface area contributed by atoms with E-state index < -0.39 is 15.5 Å². The predicted molar refractivity (Wildman–Crippen MR) is 34.4 cm³/mol. The van der Waals surface area contributed by atoms with Gasteiger partial charge in [-0.05, 0) is 0 Å². The molecule has 0 aliphatic rings. The maximum atomic E-state index is 10.2. The first-order chi connectivity index (χ1) is 4.52. The molecule has 1 radical (unpaired) electrons. The fourth-order valence-corrected chi connectivity index (χ4v) is 0.753. The Labute approximate surface area is 58.5 Å². The Kier molecular flexibility index (Phi) is 3.04. The molecule has 0 heterocycles. The highest BCUT2D eigenvalue weighted by Gasteiger charge is 2.17. The average Bonchev–Trinajstić information content (AvgIpc) is 1.80. The quantitative estimate of drug-likeness (QED) is 0.318. The normalized spacial score (nSPS) is 13.7. The second kappa shape index (κ2) is 3.33. The highest BCUT2D eigenvalue weighted by Crippen LogP contribution is 1.92. The van der Waals surface area contributed by atoms with E-state index in [-0.39, 0.29) is 0 Å². The van der Waals surface area contributed by atoms with Crippen LogP contribution < -0.4 is 5.32 Å². The van der Waals surface area contributed by atoms with Crippen LogP contribution in [0.25, 0.3) is 0 Å². The van der Waals surface area contributed by atoms with Crippen LogP contribution in [-0.4, -0.2) is 24.8 Å². The zero-order chi connectivity index (χ0) is 8.20. The largest absolute Gasteiger partial charge is 0.326 e. The monoisotopic (exact) mass is 164 g/mol. The molecule has 0 aromatic carbocycles. The highest BCUT2D eigenvalue weighted by atomic mass is 32.2. The van der Waals surface area contributed by atoms with Crippen molar-refractivity contribution in [3.63, 3.8) is 0 Å². The van der Waals surface area contributed by atoms with E-state index in [9.17, 15) is 13.2 Å². The van der Waals surface area contributed by atoms with Crippen LogP contribution in [0.2, 0.25) is 0 Å². The Morgan fingerprint density at radius 3 is 2.30 bits per heavy atom. The van der Waals surface area contributed by atoms with Gasteiger partial charge in [0.2, 0.25) is 0 Å². The van der Waals surface area contributed by atoms with Crippen LogP contribution in [0.1, 0.15) is 0 Å². The van der Waals surface area contributed by atoms with Gasteiger partial charge < -0.3 is 5.32 Å². The van der Waals surface area contributed by atoms with Crippen molar-refractivity contribution >= 4 is 16.5 Å². The zero-order valence-electron chi connectivity index (χ0n) is 4.94. The summed E-state index contributed by atoms with van der Waals surface area (Å²) in [4.78, 5) is 9.56. The summed E-state index contributed by atoms with van der Waals surface area (Å²) in [5.41, 5.74) is 0. The molecule has 1 atom stereocenters. The second-order valence-electron chi connectivity index (χ2n) is 1.42. The highest BCUT2D eigenvalue weighted by molar-refractivity contribution is 7.86. The van der Waals surface area contributed by atoms with Gasteiger partial charge in [-0.2, -0.15) is 8.42 Å². The molecule has 2 N–H and O–H groups in total. The van der Waals surface area contributed by atoms with Crippen molar-refractivity contribution in [3.8, 4) is 0 Å². The van der Waals surface area contributed by atoms with E-state index in [0.29, 0.717) is 0 Å². The summed E-state index contributed by atoms with van der Waals surface area (Å²) in [6.07, 6.45) is 1.99. The minimum Gasteiger partial charge on any atom is -0.326 e. The van der Waals surface area contributed by atoms with Crippen LogP contribution >= 0.6 is 0 Å². The van der Waals surface area contributed by atoms with Crippen molar-refractivity contribution in [2.24, 2.45) is 0 Å². The number of nitrogens with one attached hydrogen (secondary N) is 1. The SMILES string of the molecule is C=CC(N[C]=O)S(=O)(=O)O. The van der Waals surface area contributed by atoms with Crippen molar-refractivity contribution in [1.29, 1.82) is 0 Å². The molecule has 10 heavy (non-hydrogen) atoms. The van der Waals surface area contributed by atoms with E-state index in [2.05, 4.69) is 6.58 Å². The molecule has 1 unspecified atom stereocenters. The van der Waals surface area contributed by atoms with E-state index >= 15 is 0 Å². The number of amides is 1. The molecular formula is C4H6NO4S. The maximum absolute atomic E-state index is 10.2. The van der Waals surface area contributed by atoms with E-state index in [1.807, 2.05) is 0 Å². The number of rotatable bonds is 4. The molecule has 1 amide bonds. The van der Waals surface area contributed by atoms with Gasteiger partial charge in [-0.3, -0.25) is 9.35 Å². The number of hydrogen-bond donors (Lipinski definition) is 2. The minimum absolute atomic E-state index is 0.875. The van der Waals surface area contributed by atoms with Crippen LogP contribution in [0.4, 0.5) is 0 Å². The molecule has 0 aliphatic carbocycles. The topological polar surface area (TPSA) is 83.5 Å². The predicted octanol–water partition coefficient (Wildman–Crippen LogP) is -0.957. The van der Waals surface area contributed by atoms with Crippen molar-refractivity contribution in [3.05, 3.63) is 12.7 Å². The summed E-state index contributed by atoms with van der Waals surface area (Å²) in [6, 6.07) is 0. The summed E-state index contributed by atoms with van der Waals surface area (Å²) in [7, 11) is -4.27.